The number of nitrogens with one attached hydrogen (secondary N) is 1. The number of piperidine rings is 1. The molecule has 5 heteroatoms. The van der Waals surface area contributed by atoms with Gasteiger partial charge in [-0.25, -0.2) is 0 Å². The van der Waals surface area contributed by atoms with Gasteiger partial charge in [0.2, 0.25) is 0 Å². The quantitative estimate of drug-likeness (QED) is 0.817. The minimum atomic E-state index is -0.0278. The Morgan fingerprint density at radius 3 is 2.38 bits per heavy atom. The average Bonchev–Trinajstić information content (AvgIpc) is 2.79. The van der Waals surface area contributed by atoms with Crippen molar-refractivity contribution in [2.24, 2.45) is 0 Å². The Morgan fingerprint density at radius 1 is 0.897 bits per heavy atom. The van der Waals surface area contributed by atoms with Crippen LogP contribution >= 0.6 is 0 Å². The van der Waals surface area contributed by atoms with E-state index >= 15 is 0 Å². The molecule has 2 heterocycles. The number of likely N-dealkylation sites (tertiary alicyclic amines) is 1. The van der Waals surface area contributed by atoms with E-state index in [4.69, 9.17) is 4.74 Å². The molecule has 0 spiro atoms. The van der Waals surface area contributed by atoms with Crippen molar-refractivity contribution in [1.82, 2.24) is 10.2 Å². The number of hydrogen-bond acceptors (Lipinski definition) is 4. The minimum Gasteiger partial charge on any atom is -0.378 e. The lowest BCUT2D eigenvalue weighted by Crippen LogP contribution is -2.36. The predicted octanol–water partition coefficient (Wildman–Crippen LogP) is 3.44. The fourth-order valence-electron chi connectivity index (χ4n) is 4.14. The zero-order valence-electron chi connectivity index (χ0n) is 17.1. The van der Waals surface area contributed by atoms with Gasteiger partial charge in [-0.3, -0.25) is 9.69 Å². The number of carbonyl (C=O) groups excluding carboxylic acids is 1. The van der Waals surface area contributed by atoms with Crippen LogP contribution in [0.1, 0.15) is 40.7 Å². The number of ether oxygens (including phenoxy) is 1. The van der Waals surface area contributed by atoms with E-state index in [1.165, 1.54) is 37.9 Å². The highest BCUT2D eigenvalue weighted by molar-refractivity contribution is 5.94. The third kappa shape index (κ3) is 5.58. The SMILES string of the molecule is O=C(NCc1cccc(CN2CCCCC2)c1)c1ccc(N2CCOCC2)cc1. The largest absolute Gasteiger partial charge is 0.378 e. The molecule has 1 N–H and O–H groups in total. The number of benzene rings is 2. The third-order valence-electron chi connectivity index (χ3n) is 5.81. The van der Waals surface area contributed by atoms with Crippen molar-refractivity contribution in [2.75, 3.05) is 44.3 Å². The number of amides is 1. The van der Waals surface area contributed by atoms with Gasteiger partial charge in [0, 0.05) is 37.4 Å². The van der Waals surface area contributed by atoms with Crippen molar-refractivity contribution < 1.29 is 9.53 Å². The van der Waals surface area contributed by atoms with Crippen LogP contribution in [-0.4, -0.2) is 50.2 Å². The highest BCUT2D eigenvalue weighted by Gasteiger charge is 2.13. The van der Waals surface area contributed by atoms with E-state index in [1.807, 2.05) is 24.3 Å². The van der Waals surface area contributed by atoms with Crippen LogP contribution in [0.5, 0.6) is 0 Å². The molecule has 4 rings (SSSR count). The minimum absolute atomic E-state index is 0.0278. The maximum atomic E-state index is 12.6. The Balaban J connectivity index is 1.30. The van der Waals surface area contributed by atoms with Crippen molar-refractivity contribution in [3.8, 4) is 0 Å². The highest BCUT2D eigenvalue weighted by Crippen LogP contribution is 2.17. The van der Waals surface area contributed by atoms with Crippen LogP contribution in [0.4, 0.5) is 5.69 Å². The van der Waals surface area contributed by atoms with Gasteiger partial charge in [0.15, 0.2) is 0 Å². The summed E-state index contributed by atoms with van der Waals surface area (Å²) >= 11 is 0. The summed E-state index contributed by atoms with van der Waals surface area (Å²) in [5.41, 5.74) is 4.33. The van der Waals surface area contributed by atoms with E-state index in [-0.39, 0.29) is 5.91 Å². The Labute approximate surface area is 173 Å². The number of morpholine rings is 1. The molecule has 0 radical (unpaired) electrons. The van der Waals surface area contributed by atoms with E-state index in [2.05, 4.69) is 39.4 Å². The molecule has 2 aliphatic rings. The van der Waals surface area contributed by atoms with E-state index in [0.29, 0.717) is 12.1 Å². The molecule has 0 aromatic heterocycles. The topological polar surface area (TPSA) is 44.8 Å². The molecule has 5 nitrogen and oxygen atoms in total. The summed E-state index contributed by atoms with van der Waals surface area (Å²) in [6.07, 6.45) is 3.97. The van der Waals surface area contributed by atoms with Gasteiger partial charge >= 0.3 is 0 Å². The highest BCUT2D eigenvalue weighted by atomic mass is 16.5. The lowest BCUT2D eigenvalue weighted by molar-refractivity contribution is 0.0951. The lowest BCUT2D eigenvalue weighted by Gasteiger charge is -2.28. The first kappa shape index (κ1) is 19.9. The fourth-order valence-corrected chi connectivity index (χ4v) is 4.14. The molecular formula is C24H31N3O2. The summed E-state index contributed by atoms with van der Waals surface area (Å²) in [5, 5.41) is 3.06. The van der Waals surface area contributed by atoms with Gasteiger partial charge in [0.05, 0.1) is 13.2 Å². The Hall–Kier alpha value is -2.37. The smallest absolute Gasteiger partial charge is 0.251 e. The van der Waals surface area contributed by atoms with Crippen LogP contribution in [0, 0.1) is 0 Å². The van der Waals surface area contributed by atoms with Gasteiger partial charge in [0.25, 0.3) is 5.91 Å². The van der Waals surface area contributed by atoms with Gasteiger partial charge in [-0.15, -0.1) is 0 Å². The van der Waals surface area contributed by atoms with Crippen LogP contribution in [0.2, 0.25) is 0 Å². The van der Waals surface area contributed by atoms with Crippen LogP contribution in [-0.2, 0) is 17.8 Å². The number of anilines is 1. The second-order valence-electron chi connectivity index (χ2n) is 7.99. The standard InChI is InChI=1S/C24H31N3O2/c28-24(22-7-9-23(10-8-22)27-13-15-29-16-14-27)25-18-20-5-4-6-21(17-20)19-26-11-2-1-3-12-26/h4-10,17H,1-3,11-16,18-19H2,(H,25,28). The first-order chi connectivity index (χ1) is 14.3. The zero-order valence-corrected chi connectivity index (χ0v) is 17.1. The molecule has 2 fully saturated rings. The summed E-state index contributed by atoms with van der Waals surface area (Å²) in [4.78, 5) is 17.4. The Bertz CT molecular complexity index is 794. The number of nitrogens with zero attached hydrogens (tertiary/aromatic N) is 2. The normalized spacial score (nSPS) is 17.9. The van der Waals surface area contributed by atoms with Crippen LogP contribution in [0.3, 0.4) is 0 Å². The molecule has 0 atom stereocenters. The van der Waals surface area contributed by atoms with Crippen LogP contribution in [0.15, 0.2) is 48.5 Å². The molecule has 0 saturated carbocycles. The lowest BCUT2D eigenvalue weighted by atomic mass is 10.1. The van der Waals surface area contributed by atoms with Crippen LogP contribution in [0.25, 0.3) is 0 Å². The van der Waals surface area contributed by atoms with Crippen LogP contribution < -0.4 is 10.2 Å². The molecule has 1 amide bonds. The first-order valence-electron chi connectivity index (χ1n) is 10.8. The fraction of sp³-hybridized carbons (Fsp3) is 0.458. The molecule has 154 valence electrons. The molecule has 2 aliphatic heterocycles. The van der Waals surface area contributed by atoms with Crippen molar-refractivity contribution in [1.29, 1.82) is 0 Å². The summed E-state index contributed by atoms with van der Waals surface area (Å²) in [6, 6.07) is 16.5. The van der Waals surface area contributed by atoms with Crippen molar-refractivity contribution >= 4 is 11.6 Å². The Morgan fingerprint density at radius 2 is 1.62 bits per heavy atom. The second kappa shape index (κ2) is 9.90. The van der Waals surface area contributed by atoms with Gasteiger partial charge in [-0.2, -0.15) is 0 Å². The molecule has 2 saturated heterocycles. The van der Waals surface area contributed by atoms with E-state index in [9.17, 15) is 4.79 Å². The van der Waals surface area contributed by atoms with E-state index in [1.54, 1.807) is 0 Å². The zero-order chi connectivity index (χ0) is 19.9. The predicted molar refractivity (Wildman–Crippen MR) is 116 cm³/mol. The molecule has 0 bridgehead atoms. The number of carbonyl (C=O) groups is 1. The monoisotopic (exact) mass is 393 g/mol. The van der Waals surface area contributed by atoms with Crippen molar-refractivity contribution in [3.05, 3.63) is 65.2 Å². The van der Waals surface area contributed by atoms with Crippen molar-refractivity contribution in [2.45, 2.75) is 32.4 Å². The molecule has 0 unspecified atom stereocenters. The van der Waals surface area contributed by atoms with Gasteiger partial charge in [-0.05, 0) is 61.3 Å². The van der Waals surface area contributed by atoms with E-state index < -0.39 is 0 Å². The summed E-state index contributed by atoms with van der Waals surface area (Å²) < 4.78 is 5.40. The Kier molecular flexibility index (Phi) is 6.80. The summed E-state index contributed by atoms with van der Waals surface area (Å²) in [6.45, 7) is 7.28. The molecule has 0 aliphatic carbocycles. The molecule has 29 heavy (non-hydrogen) atoms. The first-order valence-corrected chi connectivity index (χ1v) is 10.8. The summed E-state index contributed by atoms with van der Waals surface area (Å²) in [7, 11) is 0. The maximum absolute atomic E-state index is 12.6. The van der Waals surface area contributed by atoms with Gasteiger partial charge < -0.3 is 15.0 Å². The van der Waals surface area contributed by atoms with Crippen molar-refractivity contribution in [3.63, 3.8) is 0 Å². The van der Waals surface area contributed by atoms with E-state index in [0.717, 1.165) is 44.1 Å². The third-order valence-corrected chi connectivity index (χ3v) is 5.81. The van der Waals surface area contributed by atoms with Gasteiger partial charge in [-0.1, -0.05) is 30.7 Å². The molecule has 2 aromatic carbocycles. The molecule has 2 aromatic rings. The number of hydrogen-bond donors (Lipinski definition) is 1. The summed E-state index contributed by atoms with van der Waals surface area (Å²) in [5.74, 6) is -0.0278. The molecular weight excluding hydrogens is 362 g/mol. The van der Waals surface area contributed by atoms with Gasteiger partial charge in [0.1, 0.15) is 0 Å². The second-order valence-corrected chi connectivity index (χ2v) is 7.99. The average molecular weight is 394 g/mol. The number of rotatable bonds is 6. The maximum Gasteiger partial charge on any atom is 0.251 e.